The van der Waals surface area contributed by atoms with Crippen LogP contribution < -0.4 is 10.6 Å². The fourth-order valence-electron chi connectivity index (χ4n) is 2.51. The number of hydrogen-bond donors (Lipinski definition) is 2. The maximum Gasteiger partial charge on any atom is 0.407 e. The van der Waals surface area contributed by atoms with Crippen LogP contribution in [0.5, 0.6) is 0 Å². The lowest BCUT2D eigenvalue weighted by Crippen LogP contribution is -2.47. The first kappa shape index (κ1) is 16.4. The van der Waals surface area contributed by atoms with Crippen LogP contribution in [0.4, 0.5) is 4.79 Å². The minimum Gasteiger partial charge on any atom is -0.467 e. The lowest BCUT2D eigenvalue weighted by Gasteiger charge is -2.25. The first-order valence-corrected chi connectivity index (χ1v) is 8.09. The summed E-state index contributed by atoms with van der Waals surface area (Å²) in [6.07, 6.45) is 4.42. The van der Waals surface area contributed by atoms with E-state index in [0.717, 1.165) is 29.5 Å². The zero-order valence-corrected chi connectivity index (χ0v) is 14.3. The number of carbonyl (C=O) groups excluding carboxylic acids is 1. The molecule has 1 amide bonds. The Bertz CT molecular complexity index is 482. The molecule has 2 rings (SSSR count). The molecule has 1 fully saturated rings. The summed E-state index contributed by atoms with van der Waals surface area (Å²) < 4.78 is 11.7. The quantitative estimate of drug-likeness (QED) is 0.863. The van der Waals surface area contributed by atoms with Crippen LogP contribution in [-0.4, -0.2) is 23.8 Å². The third-order valence-corrected chi connectivity index (χ3v) is 4.14. The Morgan fingerprint density at radius 3 is 2.76 bits per heavy atom. The highest BCUT2D eigenvalue weighted by Gasteiger charge is 2.30. The van der Waals surface area contributed by atoms with Crippen molar-refractivity contribution in [2.45, 2.75) is 64.3 Å². The van der Waals surface area contributed by atoms with Gasteiger partial charge in [-0.3, -0.25) is 0 Å². The summed E-state index contributed by atoms with van der Waals surface area (Å²) in [6, 6.07) is 2.23. The number of rotatable bonds is 4. The van der Waals surface area contributed by atoms with E-state index in [9.17, 15) is 4.79 Å². The van der Waals surface area contributed by atoms with Gasteiger partial charge in [0.2, 0.25) is 0 Å². The van der Waals surface area contributed by atoms with E-state index in [0.29, 0.717) is 6.54 Å². The number of nitrogens with one attached hydrogen (secondary N) is 2. The molecule has 6 heteroatoms. The predicted octanol–water partition coefficient (Wildman–Crippen LogP) is 3.58. The van der Waals surface area contributed by atoms with E-state index in [1.54, 1.807) is 6.26 Å². The molecular weight excluding hydrogens is 336 g/mol. The Morgan fingerprint density at radius 1 is 1.43 bits per heavy atom. The monoisotopic (exact) mass is 358 g/mol. The van der Waals surface area contributed by atoms with Crippen LogP contribution in [0.15, 0.2) is 21.2 Å². The van der Waals surface area contributed by atoms with Crippen LogP contribution in [-0.2, 0) is 11.3 Å². The lowest BCUT2D eigenvalue weighted by molar-refractivity contribution is 0.0498. The second kappa shape index (κ2) is 6.83. The molecule has 2 atom stereocenters. The van der Waals surface area contributed by atoms with Gasteiger partial charge >= 0.3 is 6.09 Å². The number of hydrogen-bond acceptors (Lipinski definition) is 4. The Morgan fingerprint density at radius 2 is 2.14 bits per heavy atom. The Balaban J connectivity index is 1.83. The second-order valence-electron chi connectivity index (χ2n) is 6.36. The molecule has 1 heterocycles. The zero-order chi connectivity index (χ0) is 15.5. The number of alkyl carbamates (subject to hydrolysis) is 1. The van der Waals surface area contributed by atoms with E-state index >= 15 is 0 Å². The van der Waals surface area contributed by atoms with Gasteiger partial charge in [-0.05, 0) is 62.0 Å². The lowest BCUT2D eigenvalue weighted by atomic mass is 10.1. The highest BCUT2D eigenvalue weighted by atomic mass is 79.9. The van der Waals surface area contributed by atoms with Crippen LogP contribution in [0.1, 0.15) is 45.8 Å². The van der Waals surface area contributed by atoms with E-state index < -0.39 is 5.60 Å². The average molecular weight is 359 g/mol. The SMILES string of the molecule is CC(C)(C)OC(=O)NC1CCCC1NCc1occc1Br. The molecule has 0 bridgehead atoms. The van der Waals surface area contributed by atoms with Crippen molar-refractivity contribution in [1.29, 1.82) is 0 Å². The third-order valence-electron chi connectivity index (χ3n) is 3.43. The molecule has 2 N–H and O–H groups in total. The maximum absolute atomic E-state index is 11.9. The zero-order valence-electron chi connectivity index (χ0n) is 12.7. The van der Waals surface area contributed by atoms with Crippen molar-refractivity contribution in [3.05, 3.63) is 22.6 Å². The maximum atomic E-state index is 11.9. The Kier molecular flexibility index (Phi) is 5.32. The third kappa shape index (κ3) is 5.04. The standard InChI is InChI=1S/C15H23BrN2O3/c1-15(2,3)21-14(19)18-12-6-4-5-11(12)17-9-13-10(16)7-8-20-13/h7-8,11-12,17H,4-6,9H2,1-3H3,(H,18,19). The van der Waals surface area contributed by atoms with Crippen molar-refractivity contribution >= 4 is 22.0 Å². The number of ether oxygens (including phenoxy) is 1. The molecule has 2 unspecified atom stereocenters. The molecule has 0 radical (unpaired) electrons. The molecule has 1 aliphatic rings. The van der Waals surface area contributed by atoms with Gasteiger partial charge in [0.15, 0.2) is 0 Å². The molecule has 0 aliphatic heterocycles. The smallest absolute Gasteiger partial charge is 0.407 e. The van der Waals surface area contributed by atoms with Gasteiger partial charge in [0.05, 0.1) is 17.3 Å². The summed E-state index contributed by atoms with van der Waals surface area (Å²) >= 11 is 3.44. The van der Waals surface area contributed by atoms with Crippen LogP contribution >= 0.6 is 15.9 Å². The molecule has 5 nitrogen and oxygen atoms in total. The van der Waals surface area contributed by atoms with Gasteiger partial charge in [-0.2, -0.15) is 0 Å². The first-order valence-electron chi connectivity index (χ1n) is 7.30. The summed E-state index contributed by atoms with van der Waals surface area (Å²) in [5, 5.41) is 6.41. The molecule has 0 saturated heterocycles. The largest absolute Gasteiger partial charge is 0.467 e. The van der Waals surface area contributed by atoms with Crippen molar-refractivity contribution in [2.75, 3.05) is 0 Å². The van der Waals surface area contributed by atoms with Crippen molar-refractivity contribution < 1.29 is 13.9 Å². The molecule has 118 valence electrons. The van der Waals surface area contributed by atoms with Gasteiger partial charge in [-0.25, -0.2) is 4.79 Å². The molecule has 1 aliphatic carbocycles. The highest BCUT2D eigenvalue weighted by molar-refractivity contribution is 9.10. The van der Waals surface area contributed by atoms with Crippen molar-refractivity contribution in [2.24, 2.45) is 0 Å². The van der Waals surface area contributed by atoms with Crippen LogP contribution in [0.3, 0.4) is 0 Å². The highest BCUT2D eigenvalue weighted by Crippen LogP contribution is 2.22. The van der Waals surface area contributed by atoms with Gasteiger partial charge in [-0.15, -0.1) is 0 Å². The molecule has 1 aromatic heterocycles. The van der Waals surface area contributed by atoms with E-state index in [-0.39, 0.29) is 18.2 Å². The van der Waals surface area contributed by atoms with Crippen molar-refractivity contribution in [3.8, 4) is 0 Å². The summed E-state index contributed by atoms with van der Waals surface area (Å²) in [6.45, 7) is 6.24. The molecule has 1 aromatic rings. The van der Waals surface area contributed by atoms with E-state index in [1.807, 2.05) is 26.8 Å². The Labute approximate surface area is 133 Å². The fourth-order valence-corrected chi connectivity index (χ4v) is 2.85. The fraction of sp³-hybridized carbons (Fsp3) is 0.667. The number of carbonyl (C=O) groups is 1. The summed E-state index contributed by atoms with van der Waals surface area (Å²) in [5.41, 5.74) is -0.468. The van der Waals surface area contributed by atoms with Crippen LogP contribution in [0, 0.1) is 0 Å². The summed E-state index contributed by atoms with van der Waals surface area (Å²) in [4.78, 5) is 11.9. The van der Waals surface area contributed by atoms with E-state index in [1.165, 1.54) is 0 Å². The molecule has 1 saturated carbocycles. The normalized spacial score (nSPS) is 22.3. The van der Waals surface area contributed by atoms with E-state index in [4.69, 9.17) is 9.15 Å². The summed E-state index contributed by atoms with van der Waals surface area (Å²) in [7, 11) is 0. The van der Waals surface area contributed by atoms with Crippen LogP contribution in [0.25, 0.3) is 0 Å². The topological polar surface area (TPSA) is 63.5 Å². The second-order valence-corrected chi connectivity index (χ2v) is 7.22. The van der Waals surface area contributed by atoms with Crippen LogP contribution in [0.2, 0.25) is 0 Å². The number of furan rings is 1. The molecule has 0 spiro atoms. The molecule has 0 aromatic carbocycles. The molecular formula is C15H23BrN2O3. The molecule has 21 heavy (non-hydrogen) atoms. The first-order chi connectivity index (χ1) is 9.85. The summed E-state index contributed by atoms with van der Waals surface area (Å²) in [5.74, 6) is 0.873. The van der Waals surface area contributed by atoms with Gasteiger partial charge < -0.3 is 19.8 Å². The minimum absolute atomic E-state index is 0.105. The van der Waals surface area contributed by atoms with Gasteiger partial charge in [0.25, 0.3) is 0 Å². The minimum atomic E-state index is -0.468. The van der Waals surface area contributed by atoms with Gasteiger partial charge in [0.1, 0.15) is 11.4 Å². The van der Waals surface area contributed by atoms with Crippen molar-refractivity contribution in [3.63, 3.8) is 0 Å². The van der Waals surface area contributed by atoms with E-state index in [2.05, 4.69) is 26.6 Å². The number of amides is 1. The number of halogens is 1. The van der Waals surface area contributed by atoms with Crippen molar-refractivity contribution in [1.82, 2.24) is 10.6 Å². The van der Waals surface area contributed by atoms with Gasteiger partial charge in [0, 0.05) is 12.1 Å². The van der Waals surface area contributed by atoms with Gasteiger partial charge in [-0.1, -0.05) is 0 Å². The average Bonchev–Trinajstić information content (AvgIpc) is 2.93. The predicted molar refractivity (Wildman–Crippen MR) is 84.0 cm³/mol. The Hall–Kier alpha value is -1.01.